The molecule has 1 aliphatic rings. The van der Waals surface area contributed by atoms with Crippen molar-refractivity contribution in [2.24, 2.45) is 5.92 Å². The number of nitrogens with zero attached hydrogens (tertiary/aromatic N) is 3. The second kappa shape index (κ2) is 5.84. The van der Waals surface area contributed by atoms with Gasteiger partial charge in [0.1, 0.15) is 5.82 Å². The Morgan fingerprint density at radius 1 is 1.38 bits per heavy atom. The lowest BCUT2D eigenvalue weighted by Gasteiger charge is -2.31. The second-order valence-corrected chi connectivity index (χ2v) is 7.91. The maximum atomic E-state index is 12.1. The monoisotopic (exact) mass is 316 g/mol. The van der Waals surface area contributed by atoms with Crippen molar-refractivity contribution in [1.82, 2.24) is 9.78 Å². The van der Waals surface area contributed by atoms with Crippen LogP contribution in [0.3, 0.4) is 0 Å². The molecule has 2 heterocycles. The van der Waals surface area contributed by atoms with Crippen LogP contribution in [0.5, 0.6) is 0 Å². The van der Waals surface area contributed by atoms with Crippen molar-refractivity contribution in [2.45, 2.75) is 37.6 Å². The number of aromatic nitrogens is 2. The zero-order chi connectivity index (χ0) is 15.8. The highest BCUT2D eigenvalue weighted by Gasteiger charge is 2.30. The van der Waals surface area contributed by atoms with Crippen LogP contribution in [0.1, 0.15) is 32.7 Å². The number of piperidine rings is 1. The van der Waals surface area contributed by atoms with Gasteiger partial charge >= 0.3 is 0 Å². The smallest absolute Gasteiger partial charge is 0.182 e. The van der Waals surface area contributed by atoms with E-state index in [0.29, 0.717) is 18.9 Å². The number of anilines is 2. The minimum absolute atomic E-state index is 0.00534. The first kappa shape index (κ1) is 16.1. The quantitative estimate of drug-likeness (QED) is 0.846. The number of hydrogen-bond donors (Lipinski definition) is 2. The predicted octanol–water partition coefficient (Wildman–Crippen LogP) is 0.658. The zero-order valence-corrected chi connectivity index (χ0v) is 13.6. The lowest BCUT2D eigenvalue weighted by atomic mass is 9.98. The minimum atomic E-state index is -3.44. The Hall–Kier alpha value is -1.28. The van der Waals surface area contributed by atoms with E-state index in [2.05, 4.69) is 5.10 Å². The minimum Gasteiger partial charge on any atom is -0.396 e. The fraction of sp³-hybridized carbons (Fsp3) is 0.769. The summed E-state index contributed by atoms with van der Waals surface area (Å²) >= 11 is 0. The van der Waals surface area contributed by atoms with E-state index in [9.17, 15) is 13.5 Å². The molecular formula is C13H24N4O3S. The van der Waals surface area contributed by atoms with E-state index in [1.807, 2.05) is 18.7 Å². The third-order valence-corrected chi connectivity index (χ3v) is 5.05. The van der Waals surface area contributed by atoms with Crippen molar-refractivity contribution >= 4 is 21.5 Å². The van der Waals surface area contributed by atoms with E-state index in [1.165, 1.54) is 0 Å². The molecule has 2 rings (SSSR count). The van der Waals surface area contributed by atoms with Gasteiger partial charge in [-0.2, -0.15) is 5.10 Å². The maximum absolute atomic E-state index is 12.1. The Morgan fingerprint density at radius 3 is 2.38 bits per heavy atom. The predicted molar refractivity (Wildman–Crippen MR) is 82.2 cm³/mol. The summed E-state index contributed by atoms with van der Waals surface area (Å²) in [5, 5.41) is 13.6. The van der Waals surface area contributed by atoms with Gasteiger partial charge in [0.2, 0.25) is 0 Å². The summed E-state index contributed by atoms with van der Waals surface area (Å²) < 4.78 is 25.7. The van der Waals surface area contributed by atoms with Gasteiger partial charge in [-0.3, -0.25) is 0 Å². The molecular weight excluding hydrogens is 292 g/mol. The van der Waals surface area contributed by atoms with E-state index >= 15 is 0 Å². The molecule has 120 valence electrons. The van der Waals surface area contributed by atoms with Crippen molar-refractivity contribution in [3.8, 4) is 0 Å². The third kappa shape index (κ3) is 3.16. The first-order valence-electron chi connectivity index (χ1n) is 7.19. The lowest BCUT2D eigenvalue weighted by Crippen LogP contribution is -2.35. The molecule has 0 saturated carbocycles. The van der Waals surface area contributed by atoms with Crippen LogP contribution in [-0.2, 0) is 9.84 Å². The molecule has 21 heavy (non-hydrogen) atoms. The van der Waals surface area contributed by atoms with E-state index in [0.717, 1.165) is 19.1 Å². The second-order valence-electron chi connectivity index (χ2n) is 5.96. The molecule has 1 aromatic heterocycles. The number of nitrogens with two attached hydrogens (primary N) is 1. The molecule has 0 spiro atoms. The third-order valence-electron chi connectivity index (χ3n) is 3.92. The fourth-order valence-electron chi connectivity index (χ4n) is 2.70. The summed E-state index contributed by atoms with van der Waals surface area (Å²) in [5.41, 5.74) is 6.01. The largest absolute Gasteiger partial charge is 0.396 e. The molecule has 3 N–H and O–H groups in total. The van der Waals surface area contributed by atoms with Gasteiger partial charge in [0, 0.05) is 32.0 Å². The molecule has 0 aliphatic carbocycles. The maximum Gasteiger partial charge on any atom is 0.182 e. The number of hydrogen-bond acceptors (Lipinski definition) is 6. The highest BCUT2D eigenvalue weighted by Crippen LogP contribution is 2.33. The molecule has 7 nitrogen and oxygen atoms in total. The van der Waals surface area contributed by atoms with Crippen molar-refractivity contribution in [3.05, 3.63) is 0 Å². The average Bonchev–Trinajstić information content (AvgIpc) is 2.76. The summed E-state index contributed by atoms with van der Waals surface area (Å²) in [6, 6.07) is -0.00534. The molecule has 1 saturated heterocycles. The SMILES string of the molecule is CC(C)n1nc(N2CCC(CO)CC2)c(S(C)(=O)=O)c1N. The van der Waals surface area contributed by atoms with Gasteiger partial charge in [-0.05, 0) is 32.6 Å². The number of aliphatic hydroxyl groups is 1. The number of sulfone groups is 1. The van der Waals surface area contributed by atoms with Crippen LogP contribution < -0.4 is 10.6 Å². The number of aliphatic hydroxyl groups excluding tert-OH is 1. The molecule has 1 aromatic rings. The Labute approximate surface area is 125 Å². The molecule has 0 bridgehead atoms. The van der Waals surface area contributed by atoms with Gasteiger partial charge < -0.3 is 15.7 Å². The van der Waals surface area contributed by atoms with Gasteiger partial charge in [0.25, 0.3) is 0 Å². The van der Waals surface area contributed by atoms with Crippen LogP contribution in [0, 0.1) is 5.92 Å². The van der Waals surface area contributed by atoms with Crippen LogP contribution in [-0.4, -0.2) is 49.3 Å². The Morgan fingerprint density at radius 2 is 1.95 bits per heavy atom. The van der Waals surface area contributed by atoms with Gasteiger partial charge in [-0.25, -0.2) is 13.1 Å². The van der Waals surface area contributed by atoms with Gasteiger partial charge in [-0.15, -0.1) is 0 Å². The van der Waals surface area contributed by atoms with Crippen molar-refractivity contribution < 1.29 is 13.5 Å². The van der Waals surface area contributed by atoms with Crippen LogP contribution >= 0.6 is 0 Å². The van der Waals surface area contributed by atoms with Gasteiger partial charge in [0.05, 0.1) is 0 Å². The Bertz CT molecular complexity index is 601. The Kier molecular flexibility index (Phi) is 4.48. The van der Waals surface area contributed by atoms with E-state index in [-0.39, 0.29) is 29.3 Å². The van der Waals surface area contributed by atoms with Crippen molar-refractivity contribution in [2.75, 3.05) is 36.6 Å². The van der Waals surface area contributed by atoms with Crippen LogP contribution in [0.25, 0.3) is 0 Å². The molecule has 0 radical (unpaired) electrons. The van der Waals surface area contributed by atoms with E-state index in [1.54, 1.807) is 4.68 Å². The standard InChI is InChI=1S/C13H24N4O3S/c1-9(2)17-12(14)11(21(3,19)20)13(15-17)16-6-4-10(8-18)5-7-16/h9-10,18H,4-8,14H2,1-3H3. The molecule has 1 aliphatic heterocycles. The highest BCUT2D eigenvalue weighted by molar-refractivity contribution is 7.91. The molecule has 1 fully saturated rings. The molecule has 0 amide bonds. The van der Waals surface area contributed by atoms with Crippen molar-refractivity contribution in [1.29, 1.82) is 0 Å². The average molecular weight is 316 g/mol. The normalized spacial score (nSPS) is 17.7. The lowest BCUT2D eigenvalue weighted by molar-refractivity contribution is 0.202. The van der Waals surface area contributed by atoms with Gasteiger partial charge in [0.15, 0.2) is 20.6 Å². The summed E-state index contributed by atoms with van der Waals surface area (Å²) in [5.74, 6) is 0.930. The zero-order valence-electron chi connectivity index (χ0n) is 12.8. The molecule has 0 atom stereocenters. The van der Waals surface area contributed by atoms with Crippen LogP contribution in [0.2, 0.25) is 0 Å². The summed E-state index contributed by atoms with van der Waals surface area (Å²) in [7, 11) is -3.44. The number of rotatable bonds is 4. The molecule has 0 aromatic carbocycles. The summed E-state index contributed by atoms with van der Waals surface area (Å²) in [6.07, 6.45) is 2.82. The van der Waals surface area contributed by atoms with Gasteiger partial charge in [-0.1, -0.05) is 0 Å². The molecule has 8 heteroatoms. The fourth-order valence-corrected chi connectivity index (χ4v) is 3.68. The van der Waals surface area contributed by atoms with Crippen LogP contribution in [0.15, 0.2) is 4.90 Å². The molecule has 0 unspecified atom stereocenters. The summed E-state index contributed by atoms with van der Waals surface area (Å²) in [6.45, 7) is 5.37. The van der Waals surface area contributed by atoms with Crippen LogP contribution in [0.4, 0.5) is 11.6 Å². The highest BCUT2D eigenvalue weighted by atomic mass is 32.2. The van der Waals surface area contributed by atoms with E-state index < -0.39 is 9.84 Å². The first-order chi connectivity index (χ1) is 9.75. The summed E-state index contributed by atoms with van der Waals surface area (Å²) in [4.78, 5) is 2.08. The van der Waals surface area contributed by atoms with Crippen molar-refractivity contribution in [3.63, 3.8) is 0 Å². The Balaban J connectivity index is 2.41. The number of nitrogen functional groups attached to an aromatic ring is 1. The topological polar surface area (TPSA) is 101 Å². The first-order valence-corrected chi connectivity index (χ1v) is 9.08. The van der Waals surface area contributed by atoms with E-state index in [4.69, 9.17) is 5.73 Å².